The number of benzene rings is 2. The van der Waals surface area contributed by atoms with Crippen LogP contribution in [0.2, 0.25) is 0 Å². The number of para-hydroxylation sites is 4. The summed E-state index contributed by atoms with van der Waals surface area (Å²) in [6.45, 7) is 2.56. The number of phenols is 2. The average Bonchev–Trinajstić information content (AvgIpc) is 2.53. The predicted molar refractivity (Wildman–Crippen MR) is 85.6 cm³/mol. The van der Waals surface area contributed by atoms with Crippen LogP contribution in [0.25, 0.3) is 0 Å². The molecule has 4 nitrogen and oxygen atoms in total. The molecule has 2 N–H and O–H groups in total. The maximum Gasteiger partial charge on any atom is 0.161 e. The summed E-state index contributed by atoms with van der Waals surface area (Å²) in [6.07, 6.45) is 2.50. The first-order valence-electron chi connectivity index (χ1n) is 7.56. The smallest absolute Gasteiger partial charge is 0.161 e. The molecule has 22 heavy (non-hydrogen) atoms. The van der Waals surface area contributed by atoms with Crippen LogP contribution in [-0.4, -0.2) is 22.9 Å². The summed E-state index contributed by atoms with van der Waals surface area (Å²) in [5.74, 6) is 1.32. The summed E-state index contributed by atoms with van der Waals surface area (Å²) >= 11 is 0. The molecule has 0 heterocycles. The van der Waals surface area contributed by atoms with Crippen LogP contribution in [0.1, 0.15) is 26.2 Å². The van der Waals surface area contributed by atoms with Gasteiger partial charge in [0.1, 0.15) is 0 Å². The van der Waals surface area contributed by atoms with Crippen molar-refractivity contribution in [3.05, 3.63) is 48.5 Å². The van der Waals surface area contributed by atoms with Gasteiger partial charge in [0, 0.05) is 0 Å². The number of phenolic OH excluding ortho intramolecular Hbond substituents is 2. The standard InChI is InChI=1S/C18H22O4/c1-2-14(22-18-12-6-4-10-16(18)20)8-7-13-21-17-11-5-3-9-15(17)19/h3-6,9-12,14,19-20H,2,7-8,13H2,1H3. The molecule has 1 unspecified atom stereocenters. The second-order valence-corrected chi connectivity index (χ2v) is 5.07. The van der Waals surface area contributed by atoms with Crippen molar-refractivity contribution in [3.8, 4) is 23.0 Å². The summed E-state index contributed by atoms with van der Waals surface area (Å²) in [6, 6.07) is 13.9. The Hall–Kier alpha value is -2.36. The first kappa shape index (κ1) is 16.0. The summed E-state index contributed by atoms with van der Waals surface area (Å²) in [5.41, 5.74) is 0. The Morgan fingerprint density at radius 1 is 0.909 bits per heavy atom. The second-order valence-electron chi connectivity index (χ2n) is 5.07. The van der Waals surface area contributed by atoms with E-state index in [9.17, 15) is 10.2 Å². The van der Waals surface area contributed by atoms with Crippen LogP contribution in [0.15, 0.2) is 48.5 Å². The molecule has 0 spiro atoms. The summed E-state index contributed by atoms with van der Waals surface area (Å²) < 4.78 is 11.4. The van der Waals surface area contributed by atoms with Crippen molar-refractivity contribution >= 4 is 0 Å². The summed E-state index contributed by atoms with van der Waals surface area (Å²) in [5, 5.41) is 19.3. The molecule has 4 heteroatoms. The van der Waals surface area contributed by atoms with Gasteiger partial charge in [0.2, 0.25) is 0 Å². The van der Waals surface area contributed by atoms with Crippen molar-refractivity contribution in [2.24, 2.45) is 0 Å². The topological polar surface area (TPSA) is 58.9 Å². The van der Waals surface area contributed by atoms with Crippen LogP contribution in [0, 0.1) is 0 Å². The van der Waals surface area contributed by atoms with E-state index >= 15 is 0 Å². The van der Waals surface area contributed by atoms with Crippen molar-refractivity contribution in [3.63, 3.8) is 0 Å². The van der Waals surface area contributed by atoms with Gasteiger partial charge in [-0.15, -0.1) is 0 Å². The normalized spacial score (nSPS) is 11.9. The molecule has 0 bridgehead atoms. The minimum absolute atomic E-state index is 0.0290. The summed E-state index contributed by atoms with van der Waals surface area (Å²) in [7, 11) is 0. The molecule has 0 fully saturated rings. The Balaban J connectivity index is 1.77. The molecular weight excluding hydrogens is 280 g/mol. The van der Waals surface area contributed by atoms with E-state index in [0.29, 0.717) is 18.1 Å². The lowest BCUT2D eigenvalue weighted by atomic mass is 10.1. The van der Waals surface area contributed by atoms with E-state index in [-0.39, 0.29) is 17.6 Å². The highest BCUT2D eigenvalue weighted by molar-refractivity contribution is 5.38. The van der Waals surface area contributed by atoms with E-state index in [0.717, 1.165) is 19.3 Å². The third-order valence-corrected chi connectivity index (χ3v) is 3.41. The molecule has 0 radical (unpaired) electrons. The average molecular weight is 302 g/mol. The molecule has 0 amide bonds. The molecule has 0 aromatic heterocycles. The molecule has 2 aromatic rings. The lowest BCUT2D eigenvalue weighted by Gasteiger charge is -2.18. The Labute approximate surface area is 130 Å². The maximum atomic E-state index is 9.73. The van der Waals surface area contributed by atoms with Gasteiger partial charge in [0.15, 0.2) is 23.0 Å². The summed E-state index contributed by atoms with van der Waals surface area (Å²) in [4.78, 5) is 0. The van der Waals surface area contributed by atoms with Crippen LogP contribution >= 0.6 is 0 Å². The number of hydrogen-bond acceptors (Lipinski definition) is 4. The lowest BCUT2D eigenvalue weighted by molar-refractivity contribution is 0.166. The minimum Gasteiger partial charge on any atom is -0.504 e. The predicted octanol–water partition coefficient (Wildman–Crippen LogP) is 4.11. The van der Waals surface area contributed by atoms with Gasteiger partial charge in [-0.05, 0) is 43.5 Å². The molecule has 1 atom stereocenters. The fraction of sp³-hybridized carbons (Fsp3) is 0.333. The SMILES string of the molecule is CCC(CCCOc1ccccc1O)Oc1ccccc1O. The largest absolute Gasteiger partial charge is 0.504 e. The van der Waals surface area contributed by atoms with E-state index in [1.165, 1.54) is 0 Å². The monoisotopic (exact) mass is 302 g/mol. The van der Waals surface area contributed by atoms with Gasteiger partial charge in [0.05, 0.1) is 12.7 Å². The quantitative estimate of drug-likeness (QED) is 0.720. The zero-order chi connectivity index (χ0) is 15.8. The van der Waals surface area contributed by atoms with Crippen molar-refractivity contribution in [1.29, 1.82) is 0 Å². The minimum atomic E-state index is 0.0290. The van der Waals surface area contributed by atoms with Gasteiger partial charge >= 0.3 is 0 Å². The van der Waals surface area contributed by atoms with Gasteiger partial charge in [-0.25, -0.2) is 0 Å². The molecule has 0 aliphatic carbocycles. The van der Waals surface area contributed by atoms with Gasteiger partial charge < -0.3 is 19.7 Å². The van der Waals surface area contributed by atoms with Gasteiger partial charge in [-0.3, -0.25) is 0 Å². The molecule has 2 aromatic carbocycles. The fourth-order valence-electron chi connectivity index (χ4n) is 2.16. The van der Waals surface area contributed by atoms with Crippen molar-refractivity contribution in [1.82, 2.24) is 0 Å². The van der Waals surface area contributed by atoms with Crippen LogP contribution < -0.4 is 9.47 Å². The molecule has 118 valence electrons. The Morgan fingerprint density at radius 2 is 1.50 bits per heavy atom. The highest BCUT2D eigenvalue weighted by Gasteiger charge is 2.11. The van der Waals surface area contributed by atoms with Crippen LogP contribution in [-0.2, 0) is 0 Å². The van der Waals surface area contributed by atoms with E-state index in [2.05, 4.69) is 6.92 Å². The zero-order valence-corrected chi connectivity index (χ0v) is 12.7. The molecule has 2 rings (SSSR count). The Morgan fingerprint density at radius 3 is 2.09 bits per heavy atom. The highest BCUT2D eigenvalue weighted by Crippen LogP contribution is 2.27. The number of hydrogen-bond donors (Lipinski definition) is 2. The van der Waals surface area contributed by atoms with Crippen LogP contribution in [0.4, 0.5) is 0 Å². The Kier molecular flexibility index (Phi) is 5.95. The first-order valence-corrected chi connectivity index (χ1v) is 7.56. The number of aromatic hydroxyl groups is 2. The van der Waals surface area contributed by atoms with E-state index < -0.39 is 0 Å². The second kappa shape index (κ2) is 8.17. The number of rotatable bonds is 8. The third-order valence-electron chi connectivity index (χ3n) is 3.41. The zero-order valence-electron chi connectivity index (χ0n) is 12.7. The van der Waals surface area contributed by atoms with Crippen molar-refractivity contribution < 1.29 is 19.7 Å². The van der Waals surface area contributed by atoms with E-state index in [1.54, 1.807) is 36.4 Å². The molecule has 0 aliphatic rings. The van der Waals surface area contributed by atoms with Crippen molar-refractivity contribution in [2.75, 3.05) is 6.61 Å². The van der Waals surface area contributed by atoms with Gasteiger partial charge in [-0.2, -0.15) is 0 Å². The first-order chi connectivity index (χ1) is 10.7. The highest BCUT2D eigenvalue weighted by atomic mass is 16.5. The molecule has 0 aliphatic heterocycles. The third kappa shape index (κ3) is 4.58. The van der Waals surface area contributed by atoms with Gasteiger partial charge in [0.25, 0.3) is 0 Å². The van der Waals surface area contributed by atoms with Crippen LogP contribution in [0.5, 0.6) is 23.0 Å². The molecule has 0 saturated carbocycles. The van der Waals surface area contributed by atoms with Crippen molar-refractivity contribution in [2.45, 2.75) is 32.3 Å². The maximum absolute atomic E-state index is 9.73. The number of ether oxygens (including phenoxy) is 2. The lowest BCUT2D eigenvalue weighted by Crippen LogP contribution is -2.16. The van der Waals surface area contributed by atoms with E-state index in [1.807, 2.05) is 12.1 Å². The Bertz CT molecular complexity index is 583. The molecule has 0 saturated heterocycles. The van der Waals surface area contributed by atoms with E-state index in [4.69, 9.17) is 9.47 Å². The molecular formula is C18H22O4. The van der Waals surface area contributed by atoms with Gasteiger partial charge in [-0.1, -0.05) is 31.2 Å². The van der Waals surface area contributed by atoms with Crippen LogP contribution in [0.3, 0.4) is 0 Å². The fourth-order valence-corrected chi connectivity index (χ4v) is 2.16.